The summed E-state index contributed by atoms with van der Waals surface area (Å²) in [6.45, 7) is 2.54. The Hall–Kier alpha value is -1.95. The third-order valence-corrected chi connectivity index (χ3v) is 6.17. The van der Waals surface area contributed by atoms with Crippen LogP contribution in [0, 0.1) is 23.2 Å². The van der Waals surface area contributed by atoms with Gasteiger partial charge in [-0.05, 0) is 68.1 Å². The quantitative estimate of drug-likeness (QED) is 0.696. The molecule has 2 aliphatic rings. The summed E-state index contributed by atoms with van der Waals surface area (Å²) < 4.78 is 6.07. The van der Waals surface area contributed by atoms with Gasteiger partial charge in [-0.3, -0.25) is 4.79 Å². The zero-order valence-electron chi connectivity index (χ0n) is 15.8. The van der Waals surface area contributed by atoms with Crippen molar-refractivity contribution in [3.05, 3.63) is 29.8 Å². The second-order valence-electron chi connectivity index (χ2n) is 8.09. The molecule has 3 rings (SSSR count). The zero-order chi connectivity index (χ0) is 18.4. The maximum Gasteiger partial charge on any atom is 0.304 e. The van der Waals surface area contributed by atoms with E-state index in [1.54, 1.807) is 6.92 Å². The molecule has 1 spiro atoms. The molecule has 0 aliphatic heterocycles. The predicted molar refractivity (Wildman–Crippen MR) is 103 cm³/mol. The summed E-state index contributed by atoms with van der Waals surface area (Å²) >= 11 is 0. The van der Waals surface area contributed by atoms with Gasteiger partial charge in [0.2, 0.25) is 0 Å². The fraction of sp³-hybridized carbons (Fsp3) is 0.609. The highest BCUT2D eigenvalue weighted by atomic mass is 16.5. The summed E-state index contributed by atoms with van der Waals surface area (Å²) in [6.07, 6.45) is 11.1. The van der Waals surface area contributed by atoms with E-state index in [9.17, 15) is 4.79 Å². The van der Waals surface area contributed by atoms with Gasteiger partial charge in [-0.15, -0.1) is 5.92 Å². The van der Waals surface area contributed by atoms with Crippen molar-refractivity contribution in [2.45, 2.75) is 70.6 Å². The van der Waals surface area contributed by atoms with Crippen molar-refractivity contribution < 1.29 is 14.6 Å². The molecule has 1 unspecified atom stereocenters. The van der Waals surface area contributed by atoms with Gasteiger partial charge in [0.05, 0.1) is 18.9 Å². The van der Waals surface area contributed by atoms with Crippen LogP contribution in [0.4, 0.5) is 0 Å². The summed E-state index contributed by atoms with van der Waals surface area (Å²) in [5, 5.41) is 9.05. The van der Waals surface area contributed by atoms with E-state index in [4.69, 9.17) is 9.84 Å². The van der Waals surface area contributed by atoms with Crippen molar-refractivity contribution >= 4 is 5.97 Å². The van der Waals surface area contributed by atoms with E-state index in [-0.39, 0.29) is 12.3 Å². The molecule has 3 heteroatoms. The first-order chi connectivity index (χ1) is 12.6. The SMILES string of the molecule is CC#C[C@@H](CC(=O)O)c1ccc(OCC2CCCC3(CCCC3)C2)cc1. The fourth-order valence-electron chi connectivity index (χ4n) is 4.92. The third-order valence-electron chi connectivity index (χ3n) is 6.17. The molecule has 1 aromatic rings. The maximum atomic E-state index is 11.0. The molecule has 1 aromatic carbocycles. The first-order valence-electron chi connectivity index (χ1n) is 9.97. The van der Waals surface area contributed by atoms with Crippen molar-refractivity contribution in [1.82, 2.24) is 0 Å². The second kappa shape index (κ2) is 8.62. The Kier molecular flexibility index (Phi) is 6.25. The van der Waals surface area contributed by atoms with Crippen molar-refractivity contribution in [2.75, 3.05) is 6.61 Å². The first-order valence-corrected chi connectivity index (χ1v) is 9.97. The van der Waals surface area contributed by atoms with Crippen LogP contribution in [0.1, 0.15) is 76.2 Å². The molecule has 2 saturated carbocycles. The lowest BCUT2D eigenvalue weighted by Crippen LogP contribution is -2.29. The Morgan fingerprint density at radius 3 is 2.58 bits per heavy atom. The Bertz CT molecular complexity index is 659. The summed E-state index contributed by atoms with van der Waals surface area (Å²) in [5.74, 6) is 6.29. The van der Waals surface area contributed by atoms with Crippen LogP contribution < -0.4 is 4.74 Å². The number of carboxylic acid groups (broad SMARTS) is 1. The number of hydrogen-bond acceptors (Lipinski definition) is 2. The molecule has 2 atom stereocenters. The standard InChI is InChI=1S/C23H30O3/c1-2-6-20(15-22(24)25)19-8-10-21(11-9-19)26-17-18-7-5-14-23(16-18)12-3-4-13-23/h8-11,18,20H,3-5,7,12-17H2,1H3,(H,24,25)/t18?,20-/m0/s1. The van der Waals surface area contributed by atoms with Crippen LogP contribution in [0.3, 0.4) is 0 Å². The van der Waals surface area contributed by atoms with Gasteiger partial charge in [0.25, 0.3) is 0 Å². The minimum atomic E-state index is -0.823. The number of benzene rings is 1. The monoisotopic (exact) mass is 354 g/mol. The molecule has 140 valence electrons. The number of rotatable bonds is 6. The van der Waals surface area contributed by atoms with Gasteiger partial charge in [0, 0.05) is 0 Å². The Balaban J connectivity index is 1.55. The number of hydrogen-bond donors (Lipinski definition) is 1. The Morgan fingerprint density at radius 2 is 1.92 bits per heavy atom. The van der Waals surface area contributed by atoms with E-state index in [0.29, 0.717) is 11.3 Å². The van der Waals surface area contributed by atoms with E-state index < -0.39 is 5.97 Å². The summed E-state index contributed by atoms with van der Waals surface area (Å²) in [5.41, 5.74) is 1.57. The van der Waals surface area contributed by atoms with E-state index in [1.807, 2.05) is 24.3 Å². The normalized spacial score (nSPS) is 22.4. The molecule has 0 radical (unpaired) electrons. The van der Waals surface area contributed by atoms with Gasteiger partial charge in [0.1, 0.15) is 5.75 Å². The summed E-state index contributed by atoms with van der Waals surface area (Å²) in [4.78, 5) is 11.0. The molecule has 0 amide bonds. The summed E-state index contributed by atoms with van der Waals surface area (Å²) in [7, 11) is 0. The van der Waals surface area contributed by atoms with Crippen LogP contribution in [0.5, 0.6) is 5.75 Å². The molecule has 0 aromatic heterocycles. The van der Waals surface area contributed by atoms with Crippen molar-refractivity contribution in [2.24, 2.45) is 11.3 Å². The third kappa shape index (κ3) is 4.81. The molecule has 0 heterocycles. The van der Waals surface area contributed by atoms with Crippen LogP contribution in [-0.2, 0) is 4.79 Å². The molecule has 2 fully saturated rings. The van der Waals surface area contributed by atoms with Gasteiger partial charge in [-0.2, -0.15) is 0 Å². The number of carboxylic acids is 1. The Labute approximate surface area is 157 Å². The molecule has 26 heavy (non-hydrogen) atoms. The van der Waals surface area contributed by atoms with Gasteiger partial charge in [-0.1, -0.05) is 37.3 Å². The number of ether oxygens (including phenoxy) is 1. The molecule has 3 nitrogen and oxygen atoms in total. The second-order valence-corrected chi connectivity index (χ2v) is 8.09. The van der Waals surface area contributed by atoms with Gasteiger partial charge < -0.3 is 9.84 Å². The highest BCUT2D eigenvalue weighted by Crippen LogP contribution is 2.50. The topological polar surface area (TPSA) is 46.5 Å². The molecular formula is C23H30O3. The lowest BCUT2D eigenvalue weighted by molar-refractivity contribution is -0.137. The Morgan fingerprint density at radius 1 is 1.23 bits per heavy atom. The van der Waals surface area contributed by atoms with E-state index in [2.05, 4.69) is 11.8 Å². The number of aliphatic carboxylic acids is 1. The minimum absolute atomic E-state index is 0.0329. The first kappa shape index (κ1) is 18.8. The molecule has 2 aliphatic carbocycles. The predicted octanol–water partition coefficient (Wildman–Crippen LogP) is 5.40. The van der Waals surface area contributed by atoms with Crippen molar-refractivity contribution in [3.63, 3.8) is 0 Å². The lowest BCUT2D eigenvalue weighted by Gasteiger charge is -2.38. The molecule has 0 saturated heterocycles. The average molecular weight is 354 g/mol. The van der Waals surface area contributed by atoms with Crippen LogP contribution in [0.2, 0.25) is 0 Å². The fourth-order valence-corrected chi connectivity index (χ4v) is 4.92. The maximum absolute atomic E-state index is 11.0. The van der Waals surface area contributed by atoms with Crippen LogP contribution in [0.15, 0.2) is 24.3 Å². The van der Waals surface area contributed by atoms with E-state index >= 15 is 0 Å². The minimum Gasteiger partial charge on any atom is -0.493 e. The molecule has 1 N–H and O–H groups in total. The highest BCUT2D eigenvalue weighted by molar-refractivity contribution is 5.69. The lowest BCUT2D eigenvalue weighted by atomic mass is 9.69. The molecule has 0 bridgehead atoms. The smallest absolute Gasteiger partial charge is 0.304 e. The number of carbonyl (C=O) groups is 1. The van der Waals surface area contributed by atoms with Gasteiger partial charge in [0.15, 0.2) is 0 Å². The van der Waals surface area contributed by atoms with E-state index in [0.717, 1.165) is 17.9 Å². The average Bonchev–Trinajstić information content (AvgIpc) is 3.07. The van der Waals surface area contributed by atoms with Gasteiger partial charge >= 0.3 is 5.97 Å². The summed E-state index contributed by atoms with van der Waals surface area (Å²) in [6, 6.07) is 7.81. The molecular weight excluding hydrogens is 324 g/mol. The largest absolute Gasteiger partial charge is 0.493 e. The van der Waals surface area contributed by atoms with Crippen molar-refractivity contribution in [3.8, 4) is 17.6 Å². The highest BCUT2D eigenvalue weighted by Gasteiger charge is 2.38. The van der Waals surface area contributed by atoms with Crippen LogP contribution >= 0.6 is 0 Å². The van der Waals surface area contributed by atoms with Crippen LogP contribution in [0.25, 0.3) is 0 Å². The van der Waals surface area contributed by atoms with Crippen LogP contribution in [-0.4, -0.2) is 17.7 Å². The van der Waals surface area contributed by atoms with Gasteiger partial charge in [-0.25, -0.2) is 0 Å². The zero-order valence-corrected chi connectivity index (χ0v) is 15.8. The van der Waals surface area contributed by atoms with Crippen molar-refractivity contribution in [1.29, 1.82) is 0 Å². The van der Waals surface area contributed by atoms with E-state index in [1.165, 1.54) is 51.4 Å².